The van der Waals surface area contributed by atoms with Gasteiger partial charge in [-0.2, -0.15) is 13.2 Å². The molecule has 1 N–H and O–H groups in total. The first-order valence-electron chi connectivity index (χ1n) is 10.1. The van der Waals surface area contributed by atoms with Crippen molar-refractivity contribution in [2.24, 2.45) is 0 Å². The fourth-order valence-corrected chi connectivity index (χ4v) is 3.69. The Kier molecular flexibility index (Phi) is 6.66. The van der Waals surface area contributed by atoms with E-state index < -0.39 is 11.7 Å². The third kappa shape index (κ3) is 4.76. The molecule has 0 amide bonds. The highest BCUT2D eigenvalue weighted by atomic mass is 19.4. The van der Waals surface area contributed by atoms with Crippen LogP contribution in [0.2, 0.25) is 0 Å². The molecule has 0 aliphatic carbocycles. The van der Waals surface area contributed by atoms with Crippen LogP contribution in [0.1, 0.15) is 42.5 Å². The van der Waals surface area contributed by atoms with Crippen molar-refractivity contribution in [3.8, 4) is 11.3 Å². The van der Waals surface area contributed by atoms with Crippen LogP contribution >= 0.6 is 0 Å². The Labute approximate surface area is 174 Å². The molecule has 30 heavy (non-hydrogen) atoms. The molecule has 0 atom stereocenters. The highest BCUT2D eigenvalue weighted by Gasteiger charge is 2.34. The molecule has 2 aromatic heterocycles. The Morgan fingerprint density at radius 3 is 2.53 bits per heavy atom. The van der Waals surface area contributed by atoms with Crippen LogP contribution in [0.15, 0.2) is 36.4 Å². The van der Waals surface area contributed by atoms with Gasteiger partial charge in [-0.3, -0.25) is 4.40 Å². The van der Waals surface area contributed by atoms with Gasteiger partial charge >= 0.3 is 6.18 Å². The summed E-state index contributed by atoms with van der Waals surface area (Å²) in [5.74, 6) is 0.584. The number of pyridine rings is 1. The zero-order valence-electron chi connectivity index (χ0n) is 17.2. The molecule has 0 saturated carbocycles. The fourth-order valence-electron chi connectivity index (χ4n) is 3.69. The highest BCUT2D eigenvalue weighted by Crippen LogP contribution is 2.39. The van der Waals surface area contributed by atoms with Crippen LogP contribution in [0.3, 0.4) is 0 Å². The van der Waals surface area contributed by atoms with E-state index in [4.69, 9.17) is 6.57 Å². The average molecular weight is 414 g/mol. The molecular weight excluding hydrogens is 389 g/mol. The standard InChI is InChI=1S/C23H25F3N4/c1-16-14-17(2)30-20(15-16)29-21(18-10-6-7-11-19(18)23(24,25)26)22(30)28-13-9-5-4-8-12-27-3/h6-7,10-11,14-15,28H,4-5,8-9,12-13H2,1-2H3. The third-order valence-electron chi connectivity index (χ3n) is 5.03. The van der Waals surface area contributed by atoms with E-state index in [0.717, 1.165) is 43.0 Å². The number of anilines is 1. The fraction of sp³-hybridized carbons (Fsp3) is 0.391. The molecule has 0 unspecified atom stereocenters. The monoisotopic (exact) mass is 414 g/mol. The molecule has 0 saturated heterocycles. The van der Waals surface area contributed by atoms with Gasteiger partial charge in [0.15, 0.2) is 0 Å². The molecular formula is C23H25F3N4. The van der Waals surface area contributed by atoms with Crippen molar-refractivity contribution in [1.29, 1.82) is 0 Å². The minimum atomic E-state index is -4.46. The van der Waals surface area contributed by atoms with E-state index in [1.54, 1.807) is 6.07 Å². The van der Waals surface area contributed by atoms with Crippen LogP contribution in [-0.2, 0) is 6.18 Å². The lowest BCUT2D eigenvalue weighted by molar-refractivity contribution is -0.137. The normalized spacial score (nSPS) is 11.6. The lowest BCUT2D eigenvalue weighted by atomic mass is 10.0. The van der Waals surface area contributed by atoms with Crippen molar-refractivity contribution >= 4 is 11.5 Å². The topological polar surface area (TPSA) is 33.7 Å². The summed E-state index contributed by atoms with van der Waals surface area (Å²) in [7, 11) is 0. The summed E-state index contributed by atoms with van der Waals surface area (Å²) in [6.07, 6.45) is -0.777. The van der Waals surface area contributed by atoms with E-state index in [0.29, 0.717) is 30.2 Å². The van der Waals surface area contributed by atoms with Crippen molar-refractivity contribution in [3.05, 3.63) is 64.6 Å². The SMILES string of the molecule is [C-]#[N+]CCCCCCNc1c(-c2ccccc2C(F)(F)F)nc2cc(C)cc(C)n12. The molecule has 4 nitrogen and oxygen atoms in total. The molecule has 0 aliphatic heterocycles. The van der Waals surface area contributed by atoms with Crippen molar-refractivity contribution in [2.45, 2.75) is 45.7 Å². The molecule has 0 bridgehead atoms. The molecule has 0 aliphatic rings. The number of hydrogen-bond donors (Lipinski definition) is 1. The van der Waals surface area contributed by atoms with Crippen LogP contribution in [0, 0.1) is 20.4 Å². The van der Waals surface area contributed by atoms with Gasteiger partial charge in [0.05, 0.1) is 5.56 Å². The van der Waals surface area contributed by atoms with E-state index in [-0.39, 0.29) is 5.56 Å². The van der Waals surface area contributed by atoms with Gasteiger partial charge < -0.3 is 10.2 Å². The number of aromatic nitrogens is 2. The Bertz CT molecular complexity index is 1060. The third-order valence-corrected chi connectivity index (χ3v) is 5.03. The Balaban J connectivity index is 1.98. The van der Waals surface area contributed by atoms with Gasteiger partial charge in [-0.05, 0) is 50.5 Å². The minimum absolute atomic E-state index is 0.0744. The van der Waals surface area contributed by atoms with Crippen LogP contribution in [0.25, 0.3) is 21.7 Å². The van der Waals surface area contributed by atoms with Crippen LogP contribution in [-0.4, -0.2) is 22.5 Å². The predicted molar refractivity (Wildman–Crippen MR) is 114 cm³/mol. The number of nitrogens with zero attached hydrogens (tertiary/aromatic N) is 3. The minimum Gasteiger partial charge on any atom is -0.369 e. The second-order valence-electron chi connectivity index (χ2n) is 7.44. The molecule has 158 valence electrons. The largest absolute Gasteiger partial charge is 0.417 e. The van der Waals surface area contributed by atoms with Gasteiger partial charge in [0.1, 0.15) is 17.2 Å². The molecule has 0 radical (unpaired) electrons. The van der Waals surface area contributed by atoms with Gasteiger partial charge in [-0.15, -0.1) is 0 Å². The Morgan fingerprint density at radius 1 is 1.07 bits per heavy atom. The Hall–Kier alpha value is -3.01. The summed E-state index contributed by atoms with van der Waals surface area (Å²) in [6, 6.07) is 9.44. The molecule has 0 fully saturated rings. The highest BCUT2D eigenvalue weighted by molar-refractivity contribution is 5.79. The van der Waals surface area contributed by atoms with Crippen molar-refractivity contribution in [3.63, 3.8) is 0 Å². The number of hydrogen-bond acceptors (Lipinski definition) is 2. The average Bonchev–Trinajstić information content (AvgIpc) is 3.05. The molecule has 3 aromatic rings. The number of aryl methyl sites for hydroxylation is 2. The summed E-state index contributed by atoms with van der Waals surface area (Å²) in [4.78, 5) is 7.93. The lowest BCUT2D eigenvalue weighted by Crippen LogP contribution is -2.09. The summed E-state index contributed by atoms with van der Waals surface area (Å²) in [5.41, 5.74) is 2.23. The van der Waals surface area contributed by atoms with Crippen molar-refractivity contribution in [1.82, 2.24) is 9.38 Å². The van der Waals surface area contributed by atoms with E-state index >= 15 is 0 Å². The first-order chi connectivity index (χ1) is 14.3. The van der Waals surface area contributed by atoms with Gasteiger partial charge in [-0.25, -0.2) is 11.6 Å². The molecule has 0 spiro atoms. The van der Waals surface area contributed by atoms with E-state index in [1.165, 1.54) is 12.1 Å². The molecule has 2 heterocycles. The van der Waals surface area contributed by atoms with Crippen LogP contribution < -0.4 is 5.32 Å². The number of imidazole rings is 1. The number of benzene rings is 1. The number of nitrogens with one attached hydrogen (secondary N) is 1. The van der Waals surface area contributed by atoms with Gasteiger partial charge in [-0.1, -0.05) is 24.6 Å². The molecule has 7 heteroatoms. The first kappa shape index (κ1) is 21.7. The van der Waals surface area contributed by atoms with E-state index in [9.17, 15) is 13.2 Å². The summed E-state index contributed by atoms with van der Waals surface area (Å²) in [6.45, 7) is 11.9. The maximum atomic E-state index is 13.6. The zero-order chi connectivity index (χ0) is 21.7. The first-order valence-corrected chi connectivity index (χ1v) is 10.1. The number of alkyl halides is 3. The number of halogens is 3. The predicted octanol–water partition coefficient (Wildman–Crippen LogP) is 6.53. The molecule has 1 aromatic carbocycles. The quantitative estimate of drug-likeness (QED) is 0.336. The summed E-state index contributed by atoms with van der Waals surface area (Å²) >= 11 is 0. The number of rotatable bonds is 8. The van der Waals surface area contributed by atoms with Crippen LogP contribution in [0.5, 0.6) is 0 Å². The van der Waals surface area contributed by atoms with Gasteiger partial charge in [0.25, 0.3) is 0 Å². The second-order valence-corrected chi connectivity index (χ2v) is 7.44. The lowest BCUT2D eigenvalue weighted by Gasteiger charge is -2.14. The number of fused-ring (bicyclic) bond motifs is 1. The zero-order valence-corrected chi connectivity index (χ0v) is 17.2. The smallest absolute Gasteiger partial charge is 0.369 e. The maximum absolute atomic E-state index is 13.6. The van der Waals surface area contributed by atoms with Crippen molar-refractivity contribution < 1.29 is 13.2 Å². The van der Waals surface area contributed by atoms with E-state index in [1.807, 2.05) is 30.4 Å². The van der Waals surface area contributed by atoms with E-state index in [2.05, 4.69) is 15.1 Å². The second kappa shape index (κ2) is 9.21. The Morgan fingerprint density at radius 2 is 1.80 bits per heavy atom. The molecule has 3 rings (SSSR count). The van der Waals surface area contributed by atoms with Crippen LogP contribution in [0.4, 0.5) is 19.0 Å². The van der Waals surface area contributed by atoms with Gasteiger partial charge in [0.2, 0.25) is 6.54 Å². The maximum Gasteiger partial charge on any atom is 0.417 e. The summed E-state index contributed by atoms with van der Waals surface area (Å²) in [5, 5.41) is 3.34. The van der Waals surface area contributed by atoms with Crippen molar-refractivity contribution in [2.75, 3.05) is 18.4 Å². The van der Waals surface area contributed by atoms with Gasteiger partial charge in [0, 0.05) is 24.2 Å². The summed E-state index contributed by atoms with van der Waals surface area (Å²) < 4.78 is 42.8. The number of unbranched alkanes of at least 4 members (excludes halogenated alkanes) is 3.